The Hall–Kier alpha value is -3.98. The van der Waals surface area contributed by atoms with E-state index < -0.39 is 0 Å². The van der Waals surface area contributed by atoms with Crippen LogP contribution in [0.25, 0.3) is 27.6 Å². The second kappa shape index (κ2) is 8.99. The van der Waals surface area contributed by atoms with Crippen molar-refractivity contribution < 1.29 is 4.42 Å². The number of furan rings is 1. The van der Waals surface area contributed by atoms with E-state index >= 15 is 0 Å². The summed E-state index contributed by atoms with van der Waals surface area (Å²) >= 11 is 0. The molecule has 4 aromatic rings. The van der Waals surface area contributed by atoms with Crippen LogP contribution in [0.2, 0.25) is 0 Å². The Kier molecular flexibility index (Phi) is 5.54. The second-order valence-corrected chi connectivity index (χ2v) is 9.59. The molecule has 6 rings (SSSR count). The molecule has 0 aliphatic carbocycles. The first-order valence-electron chi connectivity index (χ1n) is 12.4. The van der Waals surface area contributed by atoms with Gasteiger partial charge in [0.1, 0.15) is 11.2 Å². The van der Waals surface area contributed by atoms with Crippen molar-refractivity contribution in [2.75, 3.05) is 13.1 Å². The summed E-state index contributed by atoms with van der Waals surface area (Å²) in [6.07, 6.45) is 11.9. The molecule has 3 aromatic carbocycles. The first-order chi connectivity index (χ1) is 17.2. The minimum atomic E-state index is 0.347. The van der Waals surface area contributed by atoms with E-state index in [0.717, 1.165) is 30.7 Å². The summed E-state index contributed by atoms with van der Waals surface area (Å²) in [4.78, 5) is 2.53. The van der Waals surface area contributed by atoms with Crippen LogP contribution in [0.4, 0.5) is 0 Å². The summed E-state index contributed by atoms with van der Waals surface area (Å²) in [6, 6.07) is 23.8. The van der Waals surface area contributed by atoms with Crippen LogP contribution in [-0.2, 0) is 6.42 Å². The summed E-state index contributed by atoms with van der Waals surface area (Å²) < 4.78 is 6.17. The highest BCUT2D eigenvalue weighted by molar-refractivity contribution is 6.05. The third-order valence-electron chi connectivity index (χ3n) is 7.07. The quantitative estimate of drug-likeness (QED) is 0.303. The van der Waals surface area contributed by atoms with Gasteiger partial charge in [-0.25, -0.2) is 0 Å². The zero-order valence-corrected chi connectivity index (χ0v) is 20.3. The molecule has 35 heavy (non-hydrogen) atoms. The molecule has 0 fully saturated rings. The Bertz CT molecular complexity index is 1530. The van der Waals surface area contributed by atoms with E-state index in [1.807, 2.05) is 12.1 Å². The van der Waals surface area contributed by atoms with E-state index in [1.165, 1.54) is 44.3 Å². The number of para-hydroxylation sites is 2. The van der Waals surface area contributed by atoms with Crippen LogP contribution in [-0.4, -0.2) is 18.0 Å². The van der Waals surface area contributed by atoms with Crippen LogP contribution < -0.4 is 5.32 Å². The maximum atomic E-state index is 6.17. The van der Waals surface area contributed by atoms with Gasteiger partial charge in [-0.1, -0.05) is 84.5 Å². The van der Waals surface area contributed by atoms with E-state index in [9.17, 15) is 0 Å². The first-order valence-corrected chi connectivity index (χ1v) is 12.4. The number of nitrogens with one attached hydrogen (secondary N) is 1. The number of benzene rings is 3. The van der Waals surface area contributed by atoms with E-state index in [1.54, 1.807) is 0 Å². The van der Waals surface area contributed by atoms with Crippen LogP contribution in [0.15, 0.2) is 113 Å². The van der Waals surface area contributed by atoms with Gasteiger partial charge in [0, 0.05) is 35.1 Å². The lowest BCUT2D eigenvalue weighted by molar-refractivity contribution is 0.332. The Morgan fingerprint density at radius 3 is 2.77 bits per heavy atom. The molecule has 0 amide bonds. The molecule has 1 atom stereocenters. The largest absolute Gasteiger partial charge is 0.456 e. The summed E-state index contributed by atoms with van der Waals surface area (Å²) in [5.74, 6) is 0. The lowest BCUT2D eigenvalue weighted by atomic mass is 10.0. The van der Waals surface area contributed by atoms with Crippen molar-refractivity contribution in [1.29, 1.82) is 0 Å². The number of nitrogens with zero attached hydrogens (tertiary/aromatic N) is 1. The second-order valence-electron chi connectivity index (χ2n) is 9.59. The van der Waals surface area contributed by atoms with Gasteiger partial charge >= 0.3 is 0 Å². The fourth-order valence-electron chi connectivity index (χ4n) is 5.37. The number of hydrogen-bond donors (Lipinski definition) is 1. The summed E-state index contributed by atoms with van der Waals surface area (Å²) in [7, 11) is 0. The lowest BCUT2D eigenvalue weighted by Crippen LogP contribution is -2.31. The number of fused-ring (bicyclic) bond motifs is 6. The van der Waals surface area contributed by atoms with Gasteiger partial charge in [-0.05, 0) is 55.3 Å². The molecular weight excluding hydrogens is 428 g/mol. The van der Waals surface area contributed by atoms with Gasteiger partial charge in [0.15, 0.2) is 0 Å². The minimum Gasteiger partial charge on any atom is -0.456 e. The zero-order chi connectivity index (χ0) is 23.8. The molecule has 1 N–H and O–H groups in total. The first kappa shape index (κ1) is 21.5. The van der Waals surface area contributed by atoms with Crippen molar-refractivity contribution in [2.45, 2.75) is 26.3 Å². The summed E-state index contributed by atoms with van der Waals surface area (Å²) in [5, 5.41) is 5.96. The molecular formula is C32H30N2O. The van der Waals surface area contributed by atoms with Gasteiger partial charge in [-0.15, -0.1) is 0 Å². The van der Waals surface area contributed by atoms with Crippen molar-refractivity contribution in [2.24, 2.45) is 0 Å². The number of allylic oxidation sites excluding steroid dienone is 5. The Morgan fingerprint density at radius 2 is 1.83 bits per heavy atom. The van der Waals surface area contributed by atoms with Crippen molar-refractivity contribution in [3.63, 3.8) is 0 Å². The van der Waals surface area contributed by atoms with Crippen molar-refractivity contribution in [1.82, 2.24) is 10.2 Å². The van der Waals surface area contributed by atoms with Crippen molar-refractivity contribution in [3.8, 4) is 0 Å². The summed E-state index contributed by atoms with van der Waals surface area (Å²) in [6.45, 7) is 6.22. The monoisotopic (exact) mass is 458 g/mol. The van der Waals surface area contributed by atoms with Crippen LogP contribution >= 0.6 is 0 Å². The molecule has 1 aromatic heterocycles. The van der Waals surface area contributed by atoms with Crippen LogP contribution in [0.3, 0.4) is 0 Å². The molecule has 0 saturated carbocycles. The highest BCUT2D eigenvalue weighted by Crippen LogP contribution is 2.42. The molecule has 0 spiro atoms. The van der Waals surface area contributed by atoms with Crippen molar-refractivity contribution >= 4 is 27.6 Å². The van der Waals surface area contributed by atoms with Crippen LogP contribution in [0, 0.1) is 0 Å². The van der Waals surface area contributed by atoms with E-state index in [4.69, 9.17) is 4.42 Å². The normalized spacial score (nSPS) is 17.6. The maximum Gasteiger partial charge on any atom is 0.138 e. The topological polar surface area (TPSA) is 28.4 Å². The lowest BCUT2D eigenvalue weighted by Gasteiger charge is -2.31. The van der Waals surface area contributed by atoms with Crippen LogP contribution in [0.1, 0.15) is 36.6 Å². The molecule has 3 nitrogen and oxygen atoms in total. The molecule has 2 aliphatic rings. The number of rotatable bonds is 6. The molecule has 0 radical (unpaired) electrons. The average Bonchev–Trinajstić information content (AvgIpc) is 3.40. The minimum absolute atomic E-state index is 0.347. The van der Waals surface area contributed by atoms with Gasteiger partial charge in [0.25, 0.3) is 0 Å². The molecule has 174 valence electrons. The maximum absolute atomic E-state index is 6.17. The van der Waals surface area contributed by atoms with E-state index in [2.05, 4.69) is 109 Å². The highest BCUT2D eigenvalue weighted by atomic mass is 16.3. The predicted octanol–water partition coefficient (Wildman–Crippen LogP) is 7.54. The molecule has 3 heteroatoms. The van der Waals surface area contributed by atoms with E-state index in [0.29, 0.717) is 6.04 Å². The Balaban J connectivity index is 1.14. The van der Waals surface area contributed by atoms with Gasteiger partial charge in [-0.3, -0.25) is 0 Å². The third-order valence-corrected chi connectivity index (χ3v) is 7.07. The van der Waals surface area contributed by atoms with Gasteiger partial charge in [-0.2, -0.15) is 0 Å². The van der Waals surface area contributed by atoms with Crippen molar-refractivity contribution in [3.05, 3.63) is 125 Å². The number of hydrogen-bond acceptors (Lipinski definition) is 3. The molecule has 0 unspecified atom stereocenters. The fourth-order valence-corrected chi connectivity index (χ4v) is 5.37. The Labute approximate surface area is 206 Å². The van der Waals surface area contributed by atoms with Gasteiger partial charge in [0.05, 0.1) is 6.04 Å². The van der Waals surface area contributed by atoms with E-state index in [-0.39, 0.29) is 0 Å². The molecule has 0 saturated heterocycles. The molecule has 3 heterocycles. The third kappa shape index (κ3) is 3.97. The van der Waals surface area contributed by atoms with Crippen LogP contribution in [0.5, 0.6) is 0 Å². The zero-order valence-electron chi connectivity index (χ0n) is 20.3. The average molecular weight is 459 g/mol. The molecule has 0 bridgehead atoms. The summed E-state index contributed by atoms with van der Waals surface area (Å²) in [5.41, 5.74) is 9.89. The standard InChI is InChI=1S/C32H30N2O/c1-22(9-7-10-24-11-8-15-28-27-14-5-6-16-31(27)35-32(24)28)19-33-20-30-26-13-4-3-12-25(26)29-18-17-23(2)21-34(29)30/h3-9,11-19,30,33H,10,20-21H2,1-2H3/b9-7-,22-19-/t30-/m1/s1. The predicted molar refractivity (Wildman–Crippen MR) is 146 cm³/mol. The smallest absolute Gasteiger partial charge is 0.138 e. The van der Waals surface area contributed by atoms with Gasteiger partial charge in [0.2, 0.25) is 0 Å². The molecule has 2 aliphatic heterocycles. The SMILES string of the molecule is CC1=CC=C2c3ccccc3[C@@H](CN/C=C(C)\C=C/Cc3cccc4c3oc3ccccc34)N2C1. The van der Waals surface area contributed by atoms with Gasteiger partial charge < -0.3 is 14.6 Å². The Morgan fingerprint density at radius 1 is 1.00 bits per heavy atom. The fraction of sp³-hybridized carbons (Fsp3) is 0.188. The highest BCUT2D eigenvalue weighted by Gasteiger charge is 2.33.